The SMILES string of the molecule is CCOC(=O)c1c(C[NH+]2CC[NH+](CC#N)CC2)oc2ccc(OC)cc12. The number of nitriles is 1. The first kappa shape index (κ1) is 18.2. The van der Waals surface area contributed by atoms with Crippen LogP contribution in [0.25, 0.3) is 11.0 Å². The Bertz CT molecular complexity index is 816. The zero-order valence-electron chi connectivity index (χ0n) is 15.3. The molecule has 138 valence electrons. The van der Waals surface area contributed by atoms with Crippen LogP contribution in [0, 0.1) is 11.3 Å². The molecule has 1 aromatic heterocycles. The van der Waals surface area contributed by atoms with Gasteiger partial charge in [0.25, 0.3) is 0 Å². The highest BCUT2D eigenvalue weighted by Crippen LogP contribution is 2.29. The van der Waals surface area contributed by atoms with E-state index in [2.05, 4.69) is 6.07 Å². The Labute approximate surface area is 152 Å². The molecule has 1 fully saturated rings. The van der Waals surface area contributed by atoms with E-state index in [4.69, 9.17) is 19.2 Å². The number of hydrogen-bond donors (Lipinski definition) is 2. The number of rotatable bonds is 6. The summed E-state index contributed by atoms with van der Waals surface area (Å²) < 4.78 is 16.5. The van der Waals surface area contributed by atoms with E-state index >= 15 is 0 Å². The summed E-state index contributed by atoms with van der Waals surface area (Å²) >= 11 is 0. The lowest BCUT2D eigenvalue weighted by Crippen LogP contribution is -3.27. The zero-order valence-corrected chi connectivity index (χ0v) is 15.3. The monoisotopic (exact) mass is 359 g/mol. The molecule has 1 saturated heterocycles. The molecule has 1 aromatic carbocycles. The van der Waals surface area contributed by atoms with Gasteiger partial charge < -0.3 is 23.7 Å². The molecule has 0 aliphatic carbocycles. The zero-order chi connectivity index (χ0) is 18.5. The van der Waals surface area contributed by atoms with Crippen LogP contribution >= 0.6 is 0 Å². The lowest BCUT2D eigenvalue weighted by atomic mass is 10.1. The number of piperazine rings is 1. The van der Waals surface area contributed by atoms with Crippen molar-refractivity contribution in [3.63, 3.8) is 0 Å². The number of benzene rings is 1. The third-order valence-electron chi connectivity index (χ3n) is 4.85. The van der Waals surface area contributed by atoms with Gasteiger partial charge in [-0.2, -0.15) is 5.26 Å². The average Bonchev–Trinajstić information content (AvgIpc) is 3.00. The molecule has 7 nitrogen and oxygen atoms in total. The van der Waals surface area contributed by atoms with Gasteiger partial charge in [-0.25, -0.2) is 4.79 Å². The molecule has 0 saturated carbocycles. The number of hydrogen-bond acceptors (Lipinski definition) is 5. The second-order valence-corrected chi connectivity index (χ2v) is 6.49. The minimum Gasteiger partial charge on any atom is -0.497 e. The van der Waals surface area contributed by atoms with Gasteiger partial charge in [0.15, 0.2) is 12.3 Å². The standard InChI is InChI=1S/C19H23N3O4/c1-3-25-19(23)18-15-12-14(24-2)4-5-16(15)26-17(18)13-22-10-8-21(7-6-20)9-11-22/h4-5,12H,3,7-11,13H2,1-2H3/p+2. The largest absolute Gasteiger partial charge is 0.497 e. The fourth-order valence-corrected chi connectivity index (χ4v) is 3.46. The van der Waals surface area contributed by atoms with Gasteiger partial charge in [0.05, 0.1) is 13.7 Å². The molecule has 26 heavy (non-hydrogen) atoms. The van der Waals surface area contributed by atoms with Gasteiger partial charge in [0.1, 0.15) is 55.7 Å². The molecule has 0 bridgehead atoms. The Balaban J connectivity index is 1.86. The van der Waals surface area contributed by atoms with Gasteiger partial charge >= 0.3 is 5.97 Å². The normalized spacial score (nSPS) is 19.9. The fraction of sp³-hybridized carbons (Fsp3) is 0.474. The second kappa shape index (κ2) is 8.21. The van der Waals surface area contributed by atoms with Crippen LogP contribution in [0.5, 0.6) is 5.75 Å². The van der Waals surface area contributed by atoms with Crippen molar-refractivity contribution in [1.82, 2.24) is 0 Å². The molecule has 0 radical (unpaired) electrons. The van der Waals surface area contributed by atoms with Crippen LogP contribution in [0.3, 0.4) is 0 Å². The van der Waals surface area contributed by atoms with E-state index in [0.29, 0.717) is 42.4 Å². The smallest absolute Gasteiger partial charge is 0.342 e. The number of nitrogens with zero attached hydrogens (tertiary/aromatic N) is 1. The third kappa shape index (κ3) is 3.82. The summed E-state index contributed by atoms with van der Waals surface area (Å²) in [6.45, 7) is 7.08. The Morgan fingerprint density at radius 1 is 1.27 bits per heavy atom. The van der Waals surface area contributed by atoms with Crippen LogP contribution in [-0.2, 0) is 11.3 Å². The molecule has 0 spiro atoms. The molecule has 3 rings (SSSR count). The summed E-state index contributed by atoms with van der Waals surface area (Å²) in [5.74, 6) is 0.976. The van der Waals surface area contributed by atoms with Gasteiger partial charge in [0.2, 0.25) is 0 Å². The summed E-state index contributed by atoms with van der Waals surface area (Å²) in [6, 6.07) is 7.69. The minimum atomic E-state index is -0.359. The van der Waals surface area contributed by atoms with E-state index in [1.165, 1.54) is 9.80 Å². The predicted molar refractivity (Wildman–Crippen MR) is 94.3 cm³/mol. The summed E-state index contributed by atoms with van der Waals surface area (Å²) in [5.41, 5.74) is 1.16. The lowest BCUT2D eigenvalue weighted by Gasteiger charge is -2.27. The Morgan fingerprint density at radius 3 is 2.65 bits per heavy atom. The first-order chi connectivity index (χ1) is 12.7. The topological polar surface area (TPSA) is 81.3 Å². The van der Waals surface area contributed by atoms with Gasteiger partial charge in [0, 0.05) is 5.39 Å². The average molecular weight is 359 g/mol. The predicted octanol–water partition coefficient (Wildman–Crippen LogP) is -0.575. The second-order valence-electron chi connectivity index (χ2n) is 6.49. The molecule has 0 unspecified atom stereocenters. The van der Waals surface area contributed by atoms with Crippen molar-refractivity contribution < 1.29 is 28.5 Å². The molecular formula is C19H25N3O4+2. The first-order valence-corrected chi connectivity index (χ1v) is 8.96. The number of methoxy groups -OCH3 is 1. The van der Waals surface area contributed by atoms with Crippen molar-refractivity contribution in [2.24, 2.45) is 0 Å². The summed E-state index contributed by atoms with van der Waals surface area (Å²) in [6.07, 6.45) is 0. The van der Waals surface area contributed by atoms with E-state index in [-0.39, 0.29) is 5.97 Å². The number of ether oxygens (including phenoxy) is 2. The summed E-state index contributed by atoms with van der Waals surface area (Å²) in [5, 5.41) is 9.56. The summed E-state index contributed by atoms with van der Waals surface area (Å²) in [4.78, 5) is 15.2. The van der Waals surface area contributed by atoms with Crippen LogP contribution in [0.1, 0.15) is 23.0 Å². The molecule has 2 heterocycles. The first-order valence-electron chi connectivity index (χ1n) is 8.96. The van der Waals surface area contributed by atoms with Crippen molar-refractivity contribution in [3.8, 4) is 11.8 Å². The highest BCUT2D eigenvalue weighted by atomic mass is 16.5. The summed E-state index contributed by atoms with van der Waals surface area (Å²) in [7, 11) is 1.60. The van der Waals surface area contributed by atoms with Crippen molar-refractivity contribution in [1.29, 1.82) is 5.26 Å². The van der Waals surface area contributed by atoms with E-state index in [1.807, 2.05) is 18.2 Å². The Kier molecular flexibility index (Phi) is 5.76. The van der Waals surface area contributed by atoms with Crippen LogP contribution in [0.15, 0.2) is 22.6 Å². The van der Waals surface area contributed by atoms with E-state index in [0.717, 1.165) is 31.6 Å². The quantitative estimate of drug-likeness (QED) is 0.533. The van der Waals surface area contributed by atoms with Crippen molar-refractivity contribution >= 4 is 16.9 Å². The van der Waals surface area contributed by atoms with Crippen LogP contribution in [0.4, 0.5) is 0 Å². The van der Waals surface area contributed by atoms with Crippen molar-refractivity contribution in [2.45, 2.75) is 13.5 Å². The highest BCUT2D eigenvalue weighted by Gasteiger charge is 2.28. The molecule has 0 amide bonds. The maximum atomic E-state index is 12.5. The number of carbonyl (C=O) groups is 1. The minimum absolute atomic E-state index is 0.317. The number of quaternary nitrogens is 2. The maximum absolute atomic E-state index is 12.5. The van der Waals surface area contributed by atoms with Gasteiger partial charge in [-0.3, -0.25) is 0 Å². The molecule has 1 aliphatic rings. The number of carbonyl (C=O) groups excluding carboxylic acids is 1. The highest BCUT2D eigenvalue weighted by molar-refractivity contribution is 6.04. The molecule has 2 N–H and O–H groups in total. The van der Waals surface area contributed by atoms with Crippen molar-refractivity contribution in [3.05, 3.63) is 29.5 Å². The van der Waals surface area contributed by atoms with Crippen LogP contribution in [-0.4, -0.2) is 52.4 Å². The molecule has 7 heteroatoms. The van der Waals surface area contributed by atoms with Crippen LogP contribution < -0.4 is 14.5 Å². The molecule has 1 aliphatic heterocycles. The van der Waals surface area contributed by atoms with E-state index in [9.17, 15) is 4.79 Å². The molecule has 0 atom stereocenters. The van der Waals surface area contributed by atoms with Gasteiger partial charge in [-0.05, 0) is 25.1 Å². The number of fused-ring (bicyclic) bond motifs is 1. The van der Waals surface area contributed by atoms with Crippen LogP contribution in [0.2, 0.25) is 0 Å². The lowest BCUT2D eigenvalue weighted by molar-refractivity contribution is -1.02. The third-order valence-corrected chi connectivity index (χ3v) is 4.85. The van der Waals surface area contributed by atoms with Gasteiger partial charge in [-0.1, -0.05) is 0 Å². The maximum Gasteiger partial charge on any atom is 0.342 e. The van der Waals surface area contributed by atoms with Gasteiger partial charge in [-0.15, -0.1) is 0 Å². The Hall–Kier alpha value is -2.56. The Morgan fingerprint density at radius 2 is 2.00 bits per heavy atom. The molecule has 2 aromatic rings. The number of esters is 1. The fourth-order valence-electron chi connectivity index (χ4n) is 3.46. The molecular weight excluding hydrogens is 334 g/mol. The number of nitrogens with one attached hydrogen (secondary N) is 2. The van der Waals surface area contributed by atoms with Crippen molar-refractivity contribution in [2.75, 3.05) is 46.4 Å². The van der Waals surface area contributed by atoms with E-state index in [1.54, 1.807) is 14.0 Å². The van der Waals surface area contributed by atoms with E-state index < -0.39 is 0 Å². The number of furan rings is 1.